The number of carbonyl (C=O) groups is 3. The van der Waals surface area contributed by atoms with Gasteiger partial charge in [-0.1, -0.05) is 18.2 Å². The molecule has 1 aliphatic heterocycles. The number of rotatable bonds is 9. The van der Waals surface area contributed by atoms with E-state index in [4.69, 9.17) is 20.2 Å². The van der Waals surface area contributed by atoms with Crippen LogP contribution in [0.2, 0.25) is 0 Å². The Morgan fingerprint density at radius 3 is 1.87 bits per heavy atom. The molecule has 1 unspecified atom stereocenters. The van der Waals surface area contributed by atoms with Gasteiger partial charge in [0.15, 0.2) is 0 Å². The summed E-state index contributed by atoms with van der Waals surface area (Å²) in [6, 6.07) is 12.3. The predicted molar refractivity (Wildman–Crippen MR) is 141 cm³/mol. The van der Waals surface area contributed by atoms with E-state index in [1.165, 1.54) is 14.2 Å². The number of methoxy groups -OCH3 is 2. The number of carboxylic acid groups (broad SMARTS) is 1. The van der Waals surface area contributed by atoms with Crippen molar-refractivity contribution in [3.05, 3.63) is 59.4 Å². The quantitative estimate of drug-likeness (QED) is 0.289. The smallest absolute Gasteiger partial charge is 0.480 e. The summed E-state index contributed by atoms with van der Waals surface area (Å²) in [7, 11) is 2.69. The second-order valence-corrected chi connectivity index (χ2v) is 9.36. The van der Waals surface area contributed by atoms with Gasteiger partial charge in [-0.05, 0) is 42.7 Å². The number of benzene rings is 1. The largest absolute Gasteiger partial charge is 3.00 e. The van der Waals surface area contributed by atoms with Crippen LogP contribution in [-0.2, 0) is 43.4 Å². The fourth-order valence-electron chi connectivity index (χ4n) is 4.50. The maximum absolute atomic E-state index is 12.4. The van der Waals surface area contributed by atoms with E-state index in [0.717, 1.165) is 17.0 Å². The van der Waals surface area contributed by atoms with Crippen molar-refractivity contribution in [2.75, 3.05) is 59.2 Å². The number of carbonyl (C=O) groups excluding carboxylic acids is 2. The zero-order chi connectivity index (χ0) is 27.5. The number of carboxylic acids is 1. The van der Waals surface area contributed by atoms with Crippen LogP contribution in [0.1, 0.15) is 23.4 Å². The molecule has 2 heterocycles. The third-order valence-corrected chi connectivity index (χ3v) is 6.62. The first-order valence-corrected chi connectivity index (χ1v) is 12.6. The number of nitrogen functional groups attached to an aromatic ring is 1. The van der Waals surface area contributed by atoms with Crippen LogP contribution in [0.3, 0.4) is 0 Å². The minimum absolute atomic E-state index is 0. The standard InChI is InChI=1S/C27H37N5O6.Gd/c1-37-25(33)18-30-12-14-32(24(27(35)36)11-8-20-6-9-21(28)10-7-20)15-13-31(19-26(34)38-2)17-23-5-3-4-22(16-30)29-23;/h3-7,9-10,24H,8,11-19,28H2,1-2H3,(H,35,36);/q;+3. The van der Waals surface area contributed by atoms with Gasteiger partial charge in [0, 0.05) is 45.0 Å². The Morgan fingerprint density at radius 1 is 0.897 bits per heavy atom. The third kappa shape index (κ3) is 11.1. The summed E-state index contributed by atoms with van der Waals surface area (Å²) >= 11 is 0. The van der Waals surface area contributed by atoms with Crippen molar-refractivity contribution in [3.8, 4) is 0 Å². The van der Waals surface area contributed by atoms with Gasteiger partial charge in [0.1, 0.15) is 6.04 Å². The first-order valence-electron chi connectivity index (χ1n) is 12.6. The first kappa shape index (κ1) is 33.0. The van der Waals surface area contributed by atoms with Gasteiger partial charge < -0.3 is 20.3 Å². The number of fused-ring (bicyclic) bond motifs is 2. The summed E-state index contributed by atoms with van der Waals surface area (Å²) in [5.41, 5.74) is 8.99. The van der Waals surface area contributed by atoms with Gasteiger partial charge in [0.05, 0.1) is 38.7 Å². The zero-order valence-corrected chi connectivity index (χ0v) is 24.7. The number of aliphatic carboxylic acids is 1. The Labute approximate surface area is 261 Å². The molecule has 1 aliphatic rings. The average molecular weight is 685 g/mol. The van der Waals surface area contributed by atoms with Crippen LogP contribution >= 0.6 is 0 Å². The van der Waals surface area contributed by atoms with Crippen molar-refractivity contribution in [2.45, 2.75) is 32.0 Å². The molecule has 3 rings (SSSR count). The molecule has 0 amide bonds. The molecular weight excluding hydrogens is 648 g/mol. The third-order valence-electron chi connectivity index (χ3n) is 6.62. The van der Waals surface area contributed by atoms with Crippen molar-refractivity contribution in [1.82, 2.24) is 19.7 Å². The Morgan fingerprint density at radius 2 is 1.41 bits per heavy atom. The molecule has 11 nitrogen and oxygen atoms in total. The second kappa shape index (κ2) is 16.8. The second-order valence-electron chi connectivity index (χ2n) is 9.36. The first-order chi connectivity index (χ1) is 18.3. The molecule has 39 heavy (non-hydrogen) atoms. The minimum atomic E-state index is -0.918. The van der Waals surface area contributed by atoms with Gasteiger partial charge in [-0.2, -0.15) is 0 Å². The Balaban J connectivity index is 0.00000533. The molecule has 3 N–H and O–H groups in total. The minimum Gasteiger partial charge on any atom is -0.480 e. The van der Waals surface area contributed by atoms with E-state index in [9.17, 15) is 19.5 Å². The molecule has 2 aromatic rings. The molecule has 0 spiro atoms. The Hall–Kier alpha value is -2.22. The molecule has 0 saturated carbocycles. The maximum Gasteiger partial charge on any atom is 3.00 e. The maximum atomic E-state index is 12.4. The Kier molecular flexibility index (Phi) is 14.2. The molecule has 1 aromatic heterocycles. The van der Waals surface area contributed by atoms with E-state index in [-0.39, 0.29) is 65.0 Å². The summed E-state index contributed by atoms with van der Waals surface area (Å²) in [6.07, 6.45) is 0.966. The average Bonchev–Trinajstić information content (AvgIpc) is 2.89. The molecule has 1 aromatic carbocycles. The molecule has 0 saturated heterocycles. The molecule has 211 valence electrons. The van der Waals surface area contributed by atoms with Gasteiger partial charge in [0.25, 0.3) is 0 Å². The number of nitrogens with zero attached hydrogens (tertiary/aromatic N) is 4. The van der Waals surface area contributed by atoms with Gasteiger partial charge in [-0.3, -0.25) is 34.1 Å². The van der Waals surface area contributed by atoms with Crippen molar-refractivity contribution < 1.29 is 68.9 Å². The number of esters is 2. The number of nitrogens with two attached hydrogens (primary N) is 1. The van der Waals surface area contributed by atoms with E-state index >= 15 is 0 Å². The van der Waals surface area contributed by atoms with Crippen LogP contribution in [-0.4, -0.2) is 102 Å². The SMILES string of the molecule is COC(=O)CN1CCN(C(CCc2ccc(N)cc2)C(=O)O)CCN(CC(=O)OC)Cc2cccc(n2)C1.[Gd+3]. The number of anilines is 1. The summed E-state index contributed by atoms with van der Waals surface area (Å²) < 4.78 is 9.77. The summed E-state index contributed by atoms with van der Waals surface area (Å²) in [5, 5.41) is 10.2. The number of aromatic nitrogens is 1. The van der Waals surface area contributed by atoms with Crippen LogP contribution in [0.25, 0.3) is 0 Å². The normalized spacial score (nSPS) is 16.2. The van der Waals surface area contributed by atoms with Crippen molar-refractivity contribution >= 4 is 23.6 Å². The molecule has 0 aliphatic carbocycles. The van der Waals surface area contributed by atoms with E-state index in [1.54, 1.807) is 12.1 Å². The van der Waals surface area contributed by atoms with Crippen LogP contribution < -0.4 is 5.73 Å². The van der Waals surface area contributed by atoms with Gasteiger partial charge in [0.2, 0.25) is 0 Å². The van der Waals surface area contributed by atoms with E-state index in [1.807, 2.05) is 45.0 Å². The number of hydrogen-bond acceptors (Lipinski definition) is 10. The summed E-state index contributed by atoms with van der Waals surface area (Å²) in [4.78, 5) is 47.1. The number of pyridine rings is 1. The molecular formula is C27H37GdN5O6+3. The van der Waals surface area contributed by atoms with Crippen molar-refractivity contribution in [3.63, 3.8) is 0 Å². The molecule has 12 heteroatoms. The van der Waals surface area contributed by atoms with E-state index in [0.29, 0.717) is 57.8 Å². The van der Waals surface area contributed by atoms with Crippen LogP contribution in [0.4, 0.5) is 5.69 Å². The molecule has 1 atom stereocenters. The number of ether oxygens (including phenoxy) is 2. The van der Waals surface area contributed by atoms with Gasteiger partial charge >= 0.3 is 57.8 Å². The fraction of sp³-hybridized carbons (Fsp3) is 0.481. The van der Waals surface area contributed by atoms with E-state index in [2.05, 4.69) is 0 Å². The van der Waals surface area contributed by atoms with E-state index < -0.39 is 12.0 Å². The van der Waals surface area contributed by atoms with Gasteiger partial charge in [-0.25, -0.2) is 0 Å². The molecule has 0 fully saturated rings. The van der Waals surface area contributed by atoms with Crippen LogP contribution in [0.5, 0.6) is 0 Å². The number of hydrogen-bond donors (Lipinski definition) is 2. The van der Waals surface area contributed by atoms with Crippen molar-refractivity contribution in [1.29, 1.82) is 0 Å². The van der Waals surface area contributed by atoms with Crippen LogP contribution in [0, 0.1) is 39.9 Å². The summed E-state index contributed by atoms with van der Waals surface area (Å²) in [5.74, 6) is -1.66. The van der Waals surface area contributed by atoms with Crippen LogP contribution in [0.15, 0.2) is 42.5 Å². The number of aryl methyl sites for hydroxylation is 1. The monoisotopic (exact) mass is 685 g/mol. The fourth-order valence-corrected chi connectivity index (χ4v) is 4.50. The Bertz CT molecular complexity index is 1040. The molecule has 1 radical (unpaired) electrons. The van der Waals surface area contributed by atoms with Gasteiger partial charge in [-0.15, -0.1) is 0 Å². The predicted octanol–water partition coefficient (Wildman–Crippen LogP) is 1.02. The zero-order valence-electron chi connectivity index (χ0n) is 22.4. The molecule has 2 bridgehead atoms. The van der Waals surface area contributed by atoms with Crippen molar-refractivity contribution in [2.24, 2.45) is 0 Å². The summed E-state index contributed by atoms with van der Waals surface area (Å²) in [6.45, 7) is 2.60. The topological polar surface area (TPSA) is 139 Å².